The lowest BCUT2D eigenvalue weighted by atomic mass is 9.90. The summed E-state index contributed by atoms with van der Waals surface area (Å²) in [5.41, 5.74) is 1.68. The maximum atomic E-state index is 10.7. The summed E-state index contributed by atoms with van der Waals surface area (Å²) in [5, 5.41) is 8.79. The standard InChI is InChI=1S/C13H16O2/c1-9-3-2-4-12(9)10-5-7-11(8-6-10)13(14)15/h5-9,12H,2-4H2,1H3,(H,14,15). The fourth-order valence-corrected chi connectivity index (χ4v) is 2.51. The van der Waals surface area contributed by atoms with Gasteiger partial charge in [0.05, 0.1) is 5.56 Å². The molecule has 1 fully saturated rings. The van der Waals surface area contributed by atoms with Gasteiger partial charge in [0.2, 0.25) is 0 Å². The summed E-state index contributed by atoms with van der Waals surface area (Å²) in [6, 6.07) is 7.36. The van der Waals surface area contributed by atoms with E-state index >= 15 is 0 Å². The summed E-state index contributed by atoms with van der Waals surface area (Å²) in [7, 11) is 0. The van der Waals surface area contributed by atoms with E-state index in [-0.39, 0.29) is 0 Å². The Morgan fingerprint density at radius 2 is 1.93 bits per heavy atom. The lowest BCUT2D eigenvalue weighted by Crippen LogP contribution is -2.03. The topological polar surface area (TPSA) is 37.3 Å². The van der Waals surface area contributed by atoms with E-state index in [1.165, 1.54) is 24.8 Å². The minimum atomic E-state index is -0.846. The molecule has 1 aliphatic carbocycles. The van der Waals surface area contributed by atoms with E-state index in [2.05, 4.69) is 6.92 Å². The molecule has 0 bridgehead atoms. The van der Waals surface area contributed by atoms with Gasteiger partial charge in [-0.1, -0.05) is 31.9 Å². The number of aromatic carboxylic acids is 1. The van der Waals surface area contributed by atoms with E-state index < -0.39 is 5.97 Å². The van der Waals surface area contributed by atoms with E-state index in [1.54, 1.807) is 12.1 Å². The molecule has 1 saturated carbocycles. The molecule has 0 saturated heterocycles. The largest absolute Gasteiger partial charge is 0.478 e. The van der Waals surface area contributed by atoms with E-state index in [1.807, 2.05) is 12.1 Å². The molecule has 0 radical (unpaired) electrons. The highest BCUT2D eigenvalue weighted by Gasteiger charge is 2.24. The second-order valence-corrected chi connectivity index (χ2v) is 4.44. The third kappa shape index (κ3) is 2.04. The van der Waals surface area contributed by atoms with Gasteiger partial charge in [0, 0.05) is 0 Å². The van der Waals surface area contributed by atoms with Crippen molar-refractivity contribution in [2.45, 2.75) is 32.1 Å². The average molecular weight is 204 g/mol. The number of benzene rings is 1. The first kappa shape index (κ1) is 10.2. The third-order valence-corrected chi connectivity index (χ3v) is 3.45. The van der Waals surface area contributed by atoms with Crippen molar-refractivity contribution >= 4 is 5.97 Å². The van der Waals surface area contributed by atoms with Crippen LogP contribution >= 0.6 is 0 Å². The highest BCUT2D eigenvalue weighted by Crippen LogP contribution is 2.39. The number of hydrogen-bond acceptors (Lipinski definition) is 1. The fourth-order valence-electron chi connectivity index (χ4n) is 2.51. The van der Waals surface area contributed by atoms with E-state index in [0.717, 1.165) is 5.92 Å². The van der Waals surface area contributed by atoms with Gasteiger partial charge in [0.1, 0.15) is 0 Å². The molecule has 1 aliphatic rings. The third-order valence-electron chi connectivity index (χ3n) is 3.45. The average Bonchev–Trinajstić information content (AvgIpc) is 2.65. The Morgan fingerprint density at radius 1 is 1.27 bits per heavy atom. The summed E-state index contributed by atoms with van der Waals surface area (Å²) in [6.45, 7) is 2.28. The normalized spacial score (nSPS) is 25.4. The molecule has 0 amide bonds. The highest BCUT2D eigenvalue weighted by atomic mass is 16.4. The van der Waals surface area contributed by atoms with E-state index in [9.17, 15) is 4.79 Å². The molecular formula is C13H16O2. The zero-order valence-electron chi connectivity index (χ0n) is 8.94. The fraction of sp³-hybridized carbons (Fsp3) is 0.462. The molecule has 2 heteroatoms. The summed E-state index contributed by atoms with van der Waals surface area (Å²) in [4.78, 5) is 10.7. The van der Waals surface area contributed by atoms with Crippen molar-refractivity contribution in [2.24, 2.45) is 5.92 Å². The van der Waals surface area contributed by atoms with Gasteiger partial charge in [-0.3, -0.25) is 0 Å². The summed E-state index contributed by atoms with van der Waals surface area (Å²) < 4.78 is 0. The first-order valence-electron chi connectivity index (χ1n) is 5.51. The van der Waals surface area contributed by atoms with Crippen LogP contribution in [0, 0.1) is 5.92 Å². The molecule has 0 aliphatic heterocycles. The second-order valence-electron chi connectivity index (χ2n) is 4.44. The molecule has 15 heavy (non-hydrogen) atoms. The summed E-state index contributed by atoms with van der Waals surface area (Å²) in [6.07, 6.45) is 3.84. The highest BCUT2D eigenvalue weighted by molar-refractivity contribution is 5.87. The molecule has 0 aromatic heterocycles. The predicted octanol–water partition coefficient (Wildman–Crippen LogP) is 3.29. The van der Waals surface area contributed by atoms with Crippen LogP contribution in [0.25, 0.3) is 0 Å². The molecule has 2 nitrogen and oxygen atoms in total. The van der Waals surface area contributed by atoms with Gasteiger partial charge in [-0.2, -0.15) is 0 Å². The van der Waals surface area contributed by atoms with Crippen LogP contribution in [-0.4, -0.2) is 11.1 Å². The van der Waals surface area contributed by atoms with Gasteiger partial charge in [-0.05, 0) is 36.0 Å². The molecule has 2 unspecified atom stereocenters. The Hall–Kier alpha value is -1.31. The van der Waals surface area contributed by atoms with Gasteiger partial charge < -0.3 is 5.11 Å². The van der Waals surface area contributed by atoms with Gasteiger partial charge in [0.25, 0.3) is 0 Å². The number of carbonyl (C=O) groups is 1. The van der Waals surface area contributed by atoms with E-state index in [4.69, 9.17) is 5.11 Å². The van der Waals surface area contributed by atoms with Crippen LogP contribution in [0.2, 0.25) is 0 Å². The van der Waals surface area contributed by atoms with Gasteiger partial charge in [-0.15, -0.1) is 0 Å². The van der Waals surface area contributed by atoms with Gasteiger partial charge in [-0.25, -0.2) is 4.79 Å². The quantitative estimate of drug-likeness (QED) is 0.802. The number of carboxylic acids is 1. The Balaban J connectivity index is 2.19. The Kier molecular flexibility index (Phi) is 2.76. The maximum Gasteiger partial charge on any atom is 0.335 e. The van der Waals surface area contributed by atoms with Crippen molar-refractivity contribution in [1.82, 2.24) is 0 Å². The Labute approximate surface area is 89.9 Å². The molecule has 0 spiro atoms. The maximum absolute atomic E-state index is 10.7. The van der Waals surface area contributed by atoms with Crippen LogP contribution < -0.4 is 0 Å². The van der Waals surface area contributed by atoms with Crippen molar-refractivity contribution in [2.75, 3.05) is 0 Å². The second kappa shape index (κ2) is 4.05. The molecule has 2 atom stereocenters. The Bertz CT molecular complexity index is 353. The Morgan fingerprint density at radius 3 is 2.40 bits per heavy atom. The lowest BCUT2D eigenvalue weighted by Gasteiger charge is -2.15. The smallest absolute Gasteiger partial charge is 0.335 e. The van der Waals surface area contributed by atoms with Crippen molar-refractivity contribution in [3.05, 3.63) is 35.4 Å². The molecule has 1 aromatic carbocycles. The van der Waals surface area contributed by atoms with Crippen LogP contribution in [0.15, 0.2) is 24.3 Å². The van der Waals surface area contributed by atoms with Crippen LogP contribution in [0.4, 0.5) is 0 Å². The van der Waals surface area contributed by atoms with Crippen LogP contribution in [-0.2, 0) is 0 Å². The van der Waals surface area contributed by atoms with E-state index in [0.29, 0.717) is 11.5 Å². The van der Waals surface area contributed by atoms with Crippen molar-refractivity contribution in [3.63, 3.8) is 0 Å². The molecule has 2 rings (SSSR count). The lowest BCUT2D eigenvalue weighted by molar-refractivity contribution is 0.0697. The van der Waals surface area contributed by atoms with Gasteiger partial charge in [0.15, 0.2) is 0 Å². The van der Waals surface area contributed by atoms with Gasteiger partial charge >= 0.3 is 5.97 Å². The molecule has 80 valence electrons. The van der Waals surface area contributed by atoms with Crippen molar-refractivity contribution < 1.29 is 9.90 Å². The number of hydrogen-bond donors (Lipinski definition) is 1. The molecular weight excluding hydrogens is 188 g/mol. The SMILES string of the molecule is CC1CCCC1c1ccc(C(=O)O)cc1. The molecule has 0 heterocycles. The minimum Gasteiger partial charge on any atom is -0.478 e. The zero-order chi connectivity index (χ0) is 10.8. The van der Waals surface area contributed by atoms with Crippen molar-refractivity contribution in [3.8, 4) is 0 Å². The van der Waals surface area contributed by atoms with Crippen LogP contribution in [0.3, 0.4) is 0 Å². The first-order valence-corrected chi connectivity index (χ1v) is 5.51. The number of carboxylic acid groups (broad SMARTS) is 1. The predicted molar refractivity (Wildman–Crippen MR) is 59.2 cm³/mol. The monoisotopic (exact) mass is 204 g/mol. The zero-order valence-corrected chi connectivity index (χ0v) is 8.94. The van der Waals surface area contributed by atoms with Crippen LogP contribution in [0.5, 0.6) is 0 Å². The van der Waals surface area contributed by atoms with Crippen LogP contribution in [0.1, 0.15) is 48.0 Å². The van der Waals surface area contributed by atoms with Crippen molar-refractivity contribution in [1.29, 1.82) is 0 Å². The minimum absolute atomic E-state index is 0.379. The number of rotatable bonds is 2. The molecule has 1 N–H and O–H groups in total. The first-order chi connectivity index (χ1) is 7.18. The molecule has 1 aromatic rings. The summed E-state index contributed by atoms with van der Waals surface area (Å²) >= 11 is 0. The summed E-state index contributed by atoms with van der Waals surface area (Å²) in [5.74, 6) is 0.523.